The normalized spacial score (nSPS) is 45.6. The van der Waals surface area contributed by atoms with Crippen molar-refractivity contribution in [1.29, 1.82) is 0 Å². The summed E-state index contributed by atoms with van der Waals surface area (Å²) >= 11 is 0. The Morgan fingerprint density at radius 3 is 2.53 bits per heavy atom. The van der Waals surface area contributed by atoms with E-state index in [2.05, 4.69) is 13.5 Å². The number of hydrogen-bond donors (Lipinski definition) is 1. The quantitative estimate of drug-likeness (QED) is 0.616. The van der Waals surface area contributed by atoms with Gasteiger partial charge in [0.25, 0.3) is 0 Å². The first-order valence-electron chi connectivity index (χ1n) is 7.22. The van der Waals surface area contributed by atoms with E-state index in [-0.39, 0.29) is 17.3 Å². The number of carbonyl (C=O) groups is 1. The van der Waals surface area contributed by atoms with Gasteiger partial charge in [0.05, 0.1) is 5.60 Å². The first kappa shape index (κ1) is 14.6. The average Bonchev–Trinajstić information content (AvgIpc) is 2.25. The number of esters is 1. The first-order chi connectivity index (χ1) is 8.60. The van der Waals surface area contributed by atoms with Gasteiger partial charge in [0.2, 0.25) is 0 Å². The van der Waals surface area contributed by atoms with Gasteiger partial charge in [-0.05, 0) is 44.9 Å². The third kappa shape index (κ3) is 2.45. The monoisotopic (exact) mass is 266 g/mol. The van der Waals surface area contributed by atoms with Gasteiger partial charge < -0.3 is 9.84 Å². The van der Waals surface area contributed by atoms with Crippen molar-refractivity contribution < 1.29 is 14.6 Å². The van der Waals surface area contributed by atoms with Crippen LogP contribution in [0.25, 0.3) is 0 Å². The average molecular weight is 266 g/mol. The van der Waals surface area contributed by atoms with Gasteiger partial charge in [-0.15, -0.1) is 0 Å². The number of rotatable bonds is 2. The van der Waals surface area contributed by atoms with Crippen LogP contribution in [-0.4, -0.2) is 22.3 Å². The van der Waals surface area contributed by atoms with Gasteiger partial charge >= 0.3 is 5.97 Å². The highest BCUT2D eigenvalue weighted by Gasteiger charge is 2.58. The fourth-order valence-corrected chi connectivity index (χ4v) is 4.25. The van der Waals surface area contributed by atoms with Crippen LogP contribution in [0.4, 0.5) is 0 Å². The van der Waals surface area contributed by atoms with E-state index in [0.717, 1.165) is 32.1 Å². The van der Waals surface area contributed by atoms with Gasteiger partial charge in [0.15, 0.2) is 0 Å². The minimum absolute atomic E-state index is 0.0447. The highest BCUT2D eigenvalue weighted by Crippen LogP contribution is 2.57. The molecule has 2 aliphatic carbocycles. The standard InChI is InChI=1S/C16H26O3/c1-11(2)13(17)19-15(5)9-14(4)7-6-8-16(18,10-14)12(15)3/h12,18H,1,6-10H2,2-5H3. The molecule has 4 atom stereocenters. The molecule has 4 unspecified atom stereocenters. The van der Waals surface area contributed by atoms with Gasteiger partial charge in [0, 0.05) is 11.5 Å². The molecule has 0 amide bonds. The molecule has 19 heavy (non-hydrogen) atoms. The molecule has 3 heteroatoms. The summed E-state index contributed by atoms with van der Waals surface area (Å²) in [6.07, 6.45) is 4.61. The van der Waals surface area contributed by atoms with Crippen molar-refractivity contribution in [2.75, 3.05) is 0 Å². The zero-order valence-corrected chi connectivity index (χ0v) is 12.6. The number of hydrogen-bond acceptors (Lipinski definition) is 3. The van der Waals surface area contributed by atoms with Crippen LogP contribution in [0.3, 0.4) is 0 Å². The predicted molar refractivity (Wildman–Crippen MR) is 74.6 cm³/mol. The topological polar surface area (TPSA) is 46.5 Å². The Hall–Kier alpha value is -0.830. The first-order valence-corrected chi connectivity index (χ1v) is 7.22. The lowest BCUT2D eigenvalue weighted by Gasteiger charge is -2.58. The van der Waals surface area contributed by atoms with E-state index < -0.39 is 11.2 Å². The molecule has 0 saturated heterocycles. The molecule has 0 radical (unpaired) electrons. The van der Waals surface area contributed by atoms with Crippen molar-refractivity contribution in [3.8, 4) is 0 Å². The second-order valence-corrected chi connectivity index (χ2v) is 7.33. The zero-order chi connectivity index (χ0) is 14.5. The van der Waals surface area contributed by atoms with E-state index in [9.17, 15) is 9.90 Å². The van der Waals surface area contributed by atoms with E-state index in [1.807, 2.05) is 13.8 Å². The Morgan fingerprint density at radius 1 is 1.32 bits per heavy atom. The molecule has 3 nitrogen and oxygen atoms in total. The summed E-state index contributed by atoms with van der Waals surface area (Å²) in [5.41, 5.74) is -0.807. The minimum Gasteiger partial charge on any atom is -0.456 e. The Bertz CT molecular complexity index is 416. The second-order valence-electron chi connectivity index (χ2n) is 7.33. The molecule has 2 rings (SSSR count). The predicted octanol–water partition coefficient (Wildman–Crippen LogP) is 3.22. The lowest BCUT2D eigenvalue weighted by molar-refractivity contribution is -0.218. The zero-order valence-electron chi connectivity index (χ0n) is 12.6. The largest absolute Gasteiger partial charge is 0.456 e. The van der Waals surface area contributed by atoms with Gasteiger partial charge in [-0.3, -0.25) is 0 Å². The fraction of sp³-hybridized carbons (Fsp3) is 0.812. The van der Waals surface area contributed by atoms with E-state index >= 15 is 0 Å². The molecule has 0 aromatic heterocycles. The van der Waals surface area contributed by atoms with Crippen LogP contribution in [-0.2, 0) is 9.53 Å². The van der Waals surface area contributed by atoms with Crippen LogP contribution in [0.5, 0.6) is 0 Å². The molecule has 0 heterocycles. The van der Waals surface area contributed by atoms with E-state index in [1.165, 1.54) is 0 Å². The van der Waals surface area contributed by atoms with Crippen LogP contribution >= 0.6 is 0 Å². The van der Waals surface area contributed by atoms with Crippen molar-refractivity contribution in [3.05, 3.63) is 12.2 Å². The van der Waals surface area contributed by atoms with Crippen LogP contribution < -0.4 is 0 Å². The number of aliphatic hydroxyl groups is 1. The lowest BCUT2D eigenvalue weighted by Crippen LogP contribution is -2.61. The number of ether oxygens (including phenoxy) is 1. The molecule has 0 aliphatic heterocycles. The summed E-state index contributed by atoms with van der Waals surface area (Å²) < 4.78 is 5.72. The summed E-state index contributed by atoms with van der Waals surface area (Å²) in [4.78, 5) is 11.9. The summed E-state index contributed by atoms with van der Waals surface area (Å²) in [6, 6.07) is 0. The molecule has 2 fully saturated rings. The molecule has 2 aliphatic rings. The SMILES string of the molecule is C=C(C)C(=O)OC1(C)CC2(C)CCCC(O)(C2)C1C. The highest BCUT2D eigenvalue weighted by atomic mass is 16.6. The third-order valence-electron chi connectivity index (χ3n) is 5.30. The highest BCUT2D eigenvalue weighted by molar-refractivity contribution is 5.87. The fourth-order valence-electron chi connectivity index (χ4n) is 4.25. The van der Waals surface area contributed by atoms with Crippen molar-refractivity contribution in [2.24, 2.45) is 11.3 Å². The Morgan fingerprint density at radius 2 is 1.95 bits per heavy atom. The van der Waals surface area contributed by atoms with Crippen LogP contribution in [0.15, 0.2) is 12.2 Å². The van der Waals surface area contributed by atoms with Gasteiger partial charge in [-0.1, -0.05) is 26.8 Å². The van der Waals surface area contributed by atoms with E-state index in [4.69, 9.17) is 4.74 Å². The molecule has 0 spiro atoms. The Balaban J connectivity index is 2.29. The van der Waals surface area contributed by atoms with Crippen LogP contribution in [0.1, 0.15) is 59.8 Å². The van der Waals surface area contributed by atoms with Crippen LogP contribution in [0, 0.1) is 11.3 Å². The van der Waals surface area contributed by atoms with Crippen LogP contribution in [0.2, 0.25) is 0 Å². The summed E-state index contributed by atoms with van der Waals surface area (Å²) in [7, 11) is 0. The van der Waals surface area contributed by atoms with Crippen molar-refractivity contribution in [2.45, 2.75) is 71.0 Å². The smallest absolute Gasteiger partial charge is 0.333 e. The summed E-state index contributed by atoms with van der Waals surface area (Å²) in [5, 5.41) is 10.9. The lowest BCUT2D eigenvalue weighted by atomic mass is 9.52. The maximum absolute atomic E-state index is 11.9. The number of carbonyl (C=O) groups excluding carboxylic acids is 1. The van der Waals surface area contributed by atoms with Gasteiger partial charge in [-0.2, -0.15) is 0 Å². The molecular formula is C16H26O3. The molecule has 0 aromatic carbocycles. The van der Waals surface area contributed by atoms with E-state index in [1.54, 1.807) is 6.92 Å². The number of fused-ring (bicyclic) bond motifs is 2. The van der Waals surface area contributed by atoms with Gasteiger partial charge in [-0.25, -0.2) is 4.79 Å². The molecule has 108 valence electrons. The molecule has 2 saturated carbocycles. The Labute approximate surface area is 116 Å². The molecular weight excluding hydrogens is 240 g/mol. The Kier molecular flexibility index (Phi) is 3.33. The van der Waals surface area contributed by atoms with Gasteiger partial charge in [0.1, 0.15) is 5.60 Å². The second kappa shape index (κ2) is 4.34. The van der Waals surface area contributed by atoms with E-state index in [0.29, 0.717) is 5.57 Å². The van der Waals surface area contributed by atoms with Crippen molar-refractivity contribution in [1.82, 2.24) is 0 Å². The summed E-state index contributed by atoms with van der Waals surface area (Å²) in [5.74, 6) is -0.391. The maximum Gasteiger partial charge on any atom is 0.333 e. The third-order valence-corrected chi connectivity index (χ3v) is 5.30. The molecule has 2 bridgehead atoms. The maximum atomic E-state index is 11.9. The van der Waals surface area contributed by atoms with Crippen molar-refractivity contribution >= 4 is 5.97 Å². The minimum atomic E-state index is -0.699. The van der Waals surface area contributed by atoms with Crippen molar-refractivity contribution in [3.63, 3.8) is 0 Å². The molecule has 0 aromatic rings. The molecule has 1 N–H and O–H groups in total. The summed E-state index contributed by atoms with van der Waals surface area (Å²) in [6.45, 7) is 11.5.